The van der Waals surface area contributed by atoms with Gasteiger partial charge < -0.3 is 10.1 Å². The molecule has 2 aromatic rings. The Morgan fingerprint density at radius 2 is 2.00 bits per heavy atom. The Morgan fingerprint density at radius 3 is 2.70 bits per heavy atom. The van der Waals surface area contributed by atoms with Crippen molar-refractivity contribution in [1.29, 1.82) is 0 Å². The van der Waals surface area contributed by atoms with Crippen LogP contribution in [0.2, 0.25) is 5.02 Å². The molecule has 30 heavy (non-hydrogen) atoms. The van der Waals surface area contributed by atoms with Crippen LogP contribution in [0.1, 0.15) is 24.0 Å². The summed E-state index contributed by atoms with van der Waals surface area (Å²) in [5.74, 6) is 0.874. The second-order valence-electron chi connectivity index (χ2n) is 7.83. The molecule has 0 amide bonds. The van der Waals surface area contributed by atoms with Crippen LogP contribution >= 0.6 is 24.0 Å². The molecule has 0 aliphatic carbocycles. The summed E-state index contributed by atoms with van der Waals surface area (Å²) in [7, 11) is -1.95. The zero-order valence-corrected chi connectivity index (χ0v) is 19.4. The van der Waals surface area contributed by atoms with Crippen molar-refractivity contribution in [3.63, 3.8) is 0 Å². The van der Waals surface area contributed by atoms with E-state index in [2.05, 4.69) is 22.3 Å². The fourth-order valence-corrected chi connectivity index (χ4v) is 7.21. The lowest BCUT2D eigenvalue weighted by Gasteiger charge is -2.40. The molecular formula is C22H28Cl2N2O3S. The first-order valence-corrected chi connectivity index (χ1v) is 12.0. The van der Waals surface area contributed by atoms with Crippen LogP contribution in [0.3, 0.4) is 0 Å². The summed E-state index contributed by atoms with van der Waals surface area (Å²) in [4.78, 5) is 2.36. The zero-order valence-electron chi connectivity index (χ0n) is 17.0. The number of nitrogens with one attached hydrogen (secondary N) is 1. The Morgan fingerprint density at radius 1 is 1.20 bits per heavy atom. The van der Waals surface area contributed by atoms with Crippen molar-refractivity contribution in [3.05, 3.63) is 58.6 Å². The minimum absolute atomic E-state index is 0. The smallest absolute Gasteiger partial charge is 0.196 e. The van der Waals surface area contributed by atoms with Gasteiger partial charge in [0.05, 0.1) is 17.0 Å². The molecule has 0 radical (unpaired) electrons. The molecule has 0 aromatic heterocycles. The Kier molecular flexibility index (Phi) is 7.69. The summed E-state index contributed by atoms with van der Waals surface area (Å²) < 4.78 is 32.9. The van der Waals surface area contributed by atoms with Crippen molar-refractivity contribution in [3.8, 4) is 5.75 Å². The van der Waals surface area contributed by atoms with Crippen LogP contribution in [0.25, 0.3) is 0 Å². The van der Waals surface area contributed by atoms with Gasteiger partial charge in [0.1, 0.15) is 11.1 Å². The fourth-order valence-electron chi connectivity index (χ4n) is 4.57. The summed E-state index contributed by atoms with van der Waals surface area (Å²) in [5.41, 5.74) is 2.40. The standard InChI is InChI=1S/C22H27ClN2O3S.ClH/c1-28-19-9-8-18-15-25(12-10-16(18)13-19)22(17-5-4-11-24-14-17)29(26,27)21-7-3-2-6-20(21)23;/h2-3,6-9,13,17,22,24H,4-5,10-12,14-15H2,1H3;1H. The third kappa shape index (κ3) is 4.63. The number of sulfone groups is 1. The molecule has 4 rings (SSSR count). The topological polar surface area (TPSA) is 58.6 Å². The van der Waals surface area contributed by atoms with Gasteiger partial charge in [-0.3, -0.25) is 4.90 Å². The van der Waals surface area contributed by atoms with E-state index in [1.807, 2.05) is 6.07 Å². The average Bonchev–Trinajstić information content (AvgIpc) is 2.74. The fraction of sp³-hybridized carbons (Fsp3) is 0.455. The highest BCUT2D eigenvalue weighted by atomic mass is 35.5. The third-order valence-electron chi connectivity index (χ3n) is 6.01. The quantitative estimate of drug-likeness (QED) is 0.716. The maximum atomic E-state index is 13.8. The summed E-state index contributed by atoms with van der Waals surface area (Å²) >= 11 is 6.32. The van der Waals surface area contributed by atoms with Gasteiger partial charge in [0.15, 0.2) is 9.84 Å². The number of hydrogen-bond donors (Lipinski definition) is 1. The number of piperidine rings is 1. The van der Waals surface area contributed by atoms with Crippen molar-refractivity contribution in [2.75, 3.05) is 26.7 Å². The second-order valence-corrected chi connectivity index (χ2v) is 10.2. The van der Waals surface area contributed by atoms with E-state index in [9.17, 15) is 8.42 Å². The molecule has 1 fully saturated rings. The number of benzene rings is 2. The summed E-state index contributed by atoms with van der Waals surface area (Å²) in [6.07, 6.45) is 2.69. The molecule has 0 saturated carbocycles. The average molecular weight is 471 g/mol. The van der Waals surface area contributed by atoms with Gasteiger partial charge in [0.2, 0.25) is 0 Å². The van der Waals surface area contributed by atoms with Gasteiger partial charge in [-0.2, -0.15) is 0 Å². The van der Waals surface area contributed by atoms with Crippen LogP contribution in [0.4, 0.5) is 0 Å². The number of halogens is 2. The molecule has 0 spiro atoms. The maximum absolute atomic E-state index is 13.8. The van der Waals surface area contributed by atoms with Crippen molar-refractivity contribution < 1.29 is 13.2 Å². The van der Waals surface area contributed by atoms with Crippen molar-refractivity contribution in [2.45, 2.75) is 36.1 Å². The lowest BCUT2D eigenvalue weighted by atomic mass is 9.95. The van der Waals surface area contributed by atoms with Gasteiger partial charge in [-0.05, 0) is 61.2 Å². The first-order chi connectivity index (χ1) is 14.0. The van der Waals surface area contributed by atoms with Gasteiger partial charge in [0, 0.05) is 25.6 Å². The van der Waals surface area contributed by atoms with E-state index >= 15 is 0 Å². The molecular weight excluding hydrogens is 443 g/mol. The highest BCUT2D eigenvalue weighted by Crippen LogP contribution is 2.35. The molecule has 8 heteroatoms. The SMILES string of the molecule is COc1ccc2c(c1)CCN(C(C1CCCNC1)S(=O)(=O)c1ccccc1Cl)C2.Cl. The summed E-state index contributed by atoms with van der Waals surface area (Å²) in [5, 5.41) is 3.09. The molecule has 2 unspecified atom stereocenters. The Balaban J connectivity index is 0.00000256. The minimum Gasteiger partial charge on any atom is -0.497 e. The Labute approximate surface area is 190 Å². The van der Waals surface area contributed by atoms with Crippen LogP contribution < -0.4 is 10.1 Å². The number of rotatable bonds is 5. The van der Waals surface area contributed by atoms with E-state index in [0.29, 0.717) is 24.7 Å². The molecule has 0 bridgehead atoms. The van der Waals surface area contributed by atoms with Gasteiger partial charge in [0.25, 0.3) is 0 Å². The molecule has 2 aromatic carbocycles. The van der Waals surface area contributed by atoms with E-state index in [0.717, 1.165) is 31.6 Å². The van der Waals surface area contributed by atoms with Crippen LogP contribution in [0.5, 0.6) is 5.75 Å². The molecule has 2 heterocycles. The molecule has 1 N–H and O–H groups in total. The number of nitrogens with zero attached hydrogens (tertiary/aromatic N) is 1. The van der Waals surface area contributed by atoms with Crippen molar-refractivity contribution in [1.82, 2.24) is 10.2 Å². The van der Waals surface area contributed by atoms with E-state index < -0.39 is 15.2 Å². The lowest BCUT2D eigenvalue weighted by Crippen LogP contribution is -2.52. The normalized spacial score (nSPS) is 20.7. The van der Waals surface area contributed by atoms with E-state index in [1.165, 1.54) is 11.1 Å². The summed E-state index contributed by atoms with van der Waals surface area (Å²) in [6, 6.07) is 12.9. The predicted molar refractivity (Wildman–Crippen MR) is 122 cm³/mol. The number of methoxy groups -OCH3 is 1. The largest absolute Gasteiger partial charge is 0.497 e. The van der Waals surface area contributed by atoms with Crippen LogP contribution in [-0.2, 0) is 22.8 Å². The van der Waals surface area contributed by atoms with Crippen molar-refractivity contribution >= 4 is 33.8 Å². The molecule has 1 saturated heterocycles. The molecule has 2 aliphatic heterocycles. The van der Waals surface area contributed by atoms with Gasteiger partial charge >= 0.3 is 0 Å². The highest BCUT2D eigenvalue weighted by molar-refractivity contribution is 7.92. The lowest BCUT2D eigenvalue weighted by molar-refractivity contribution is 0.162. The first kappa shape index (κ1) is 23.4. The van der Waals surface area contributed by atoms with Crippen LogP contribution in [-0.4, -0.2) is 45.4 Å². The Hall–Kier alpha value is -1.31. The zero-order chi connectivity index (χ0) is 20.4. The number of fused-ring (bicyclic) bond motifs is 1. The van der Waals surface area contributed by atoms with E-state index in [4.69, 9.17) is 16.3 Å². The summed E-state index contributed by atoms with van der Waals surface area (Å²) in [6.45, 7) is 2.97. The van der Waals surface area contributed by atoms with Gasteiger partial charge in [-0.15, -0.1) is 12.4 Å². The van der Waals surface area contributed by atoms with Crippen LogP contribution in [0, 0.1) is 5.92 Å². The van der Waals surface area contributed by atoms with Gasteiger partial charge in [-0.25, -0.2) is 8.42 Å². The molecule has 2 atom stereocenters. The van der Waals surface area contributed by atoms with Crippen molar-refractivity contribution in [2.24, 2.45) is 5.92 Å². The Bertz CT molecular complexity index is 978. The number of ether oxygens (including phenoxy) is 1. The maximum Gasteiger partial charge on any atom is 0.196 e. The third-order valence-corrected chi connectivity index (χ3v) is 8.74. The number of hydrogen-bond acceptors (Lipinski definition) is 5. The van der Waals surface area contributed by atoms with Gasteiger partial charge in [-0.1, -0.05) is 29.8 Å². The van der Waals surface area contributed by atoms with Crippen LogP contribution in [0.15, 0.2) is 47.4 Å². The molecule has 5 nitrogen and oxygen atoms in total. The molecule has 164 valence electrons. The monoisotopic (exact) mass is 470 g/mol. The minimum atomic E-state index is -3.62. The predicted octanol–water partition coefficient (Wildman–Crippen LogP) is 3.93. The van der Waals surface area contributed by atoms with E-state index in [1.54, 1.807) is 31.4 Å². The second kappa shape index (κ2) is 9.88. The van der Waals surface area contributed by atoms with E-state index in [-0.39, 0.29) is 23.2 Å². The highest BCUT2D eigenvalue weighted by Gasteiger charge is 2.41. The first-order valence-electron chi connectivity index (χ1n) is 10.1. The molecule has 2 aliphatic rings.